The third-order valence-electron chi connectivity index (χ3n) is 4.29. The Morgan fingerprint density at radius 1 is 0.778 bits per heavy atom. The summed E-state index contributed by atoms with van der Waals surface area (Å²) >= 11 is 0. The Balaban J connectivity index is 1.80. The fourth-order valence-corrected chi connectivity index (χ4v) is 3.67. The monoisotopic (exact) mass is 254 g/mol. The molecule has 2 N–H and O–H groups in total. The third-order valence-corrected chi connectivity index (χ3v) is 4.29. The molecule has 0 bridgehead atoms. The lowest BCUT2D eigenvalue weighted by atomic mass is 10.3. The van der Waals surface area contributed by atoms with Gasteiger partial charge in [0.15, 0.2) is 39.0 Å². The molecule has 4 rings (SSSR count). The van der Waals surface area contributed by atoms with Gasteiger partial charge in [-0.1, -0.05) is 0 Å². The highest BCUT2D eigenvalue weighted by atomic mass is 16.2. The lowest BCUT2D eigenvalue weighted by Gasteiger charge is -2.37. The number of hydrogen-bond donors (Lipinski definition) is 2. The Bertz CT molecular complexity index is 370. The largest absolute Gasteiger partial charge is 0.332 e. The Kier molecular flexibility index (Phi) is 1.77. The number of carbonyl (C=O) groups is 2. The number of nitrogens with one attached hydrogen (secondary N) is 2. The van der Waals surface area contributed by atoms with Gasteiger partial charge in [-0.05, 0) is 0 Å². The van der Waals surface area contributed by atoms with Crippen LogP contribution in [0.2, 0.25) is 0 Å². The molecule has 4 heterocycles. The van der Waals surface area contributed by atoms with Gasteiger partial charge in [-0.15, -0.1) is 0 Å². The first-order valence-electron chi connectivity index (χ1n) is 6.35. The fraction of sp³-hybridized carbons (Fsp3) is 0.800. The molecular formula is C10H18N6O2+2. The average Bonchev–Trinajstić information content (AvgIpc) is 2.75. The smallest absolute Gasteiger partial charge is 0.303 e. The summed E-state index contributed by atoms with van der Waals surface area (Å²) in [5.41, 5.74) is 0. The molecule has 0 radical (unpaired) electrons. The minimum Gasteiger partial charge on any atom is -0.303 e. The predicted molar refractivity (Wildman–Crippen MR) is 59.0 cm³/mol. The lowest BCUT2D eigenvalue weighted by molar-refractivity contribution is -0.907. The molecule has 18 heavy (non-hydrogen) atoms. The summed E-state index contributed by atoms with van der Waals surface area (Å²) in [6, 6.07) is 0.149. The number of rotatable bonds is 0. The van der Waals surface area contributed by atoms with Gasteiger partial charge in [-0.2, -0.15) is 0 Å². The predicted octanol–water partition coefficient (Wildman–Crippen LogP) is -4.00. The number of quaternary nitrogens is 2. The summed E-state index contributed by atoms with van der Waals surface area (Å²) in [4.78, 5) is 34.5. The maximum absolute atomic E-state index is 12.4. The molecule has 4 saturated heterocycles. The van der Waals surface area contributed by atoms with Crippen LogP contribution >= 0.6 is 0 Å². The first kappa shape index (κ1) is 10.4. The summed E-state index contributed by atoms with van der Waals surface area (Å²) in [7, 11) is 4.03. The number of hydrogen-bond acceptors (Lipinski definition) is 2. The Hall–Kier alpha value is -1.54. The van der Waals surface area contributed by atoms with Crippen LogP contribution in [0.5, 0.6) is 0 Å². The van der Waals surface area contributed by atoms with Crippen molar-refractivity contribution in [3.63, 3.8) is 0 Å². The Labute approximate surface area is 105 Å². The van der Waals surface area contributed by atoms with Crippen LogP contribution < -0.4 is 9.80 Å². The second kappa shape index (κ2) is 3.07. The van der Waals surface area contributed by atoms with E-state index >= 15 is 0 Å². The van der Waals surface area contributed by atoms with E-state index in [-0.39, 0.29) is 24.4 Å². The molecule has 8 heteroatoms. The highest BCUT2D eigenvalue weighted by molar-refractivity contribution is 5.85. The lowest BCUT2D eigenvalue weighted by Crippen LogP contribution is -3.15. The molecule has 0 aliphatic carbocycles. The van der Waals surface area contributed by atoms with E-state index in [1.165, 1.54) is 9.80 Å². The van der Waals surface area contributed by atoms with E-state index in [2.05, 4.69) is 0 Å². The molecule has 4 amide bonds. The molecule has 8 nitrogen and oxygen atoms in total. The van der Waals surface area contributed by atoms with Crippen molar-refractivity contribution in [2.75, 3.05) is 40.8 Å². The van der Waals surface area contributed by atoms with Crippen LogP contribution in [0.1, 0.15) is 0 Å². The molecule has 0 saturated carbocycles. The van der Waals surface area contributed by atoms with Crippen LogP contribution in [0, 0.1) is 0 Å². The average molecular weight is 254 g/mol. The van der Waals surface area contributed by atoms with Crippen LogP contribution in [0.15, 0.2) is 0 Å². The number of urea groups is 2. The summed E-state index contributed by atoms with van der Waals surface area (Å²) in [5.74, 6) is 0. The second-order valence-corrected chi connectivity index (χ2v) is 5.82. The minimum atomic E-state index is -0.0678. The highest BCUT2D eigenvalue weighted by Gasteiger charge is 2.65. The van der Waals surface area contributed by atoms with Gasteiger partial charge in [0.1, 0.15) is 0 Å². The molecule has 98 valence electrons. The molecule has 0 aromatic rings. The molecule has 0 aromatic carbocycles. The van der Waals surface area contributed by atoms with Crippen molar-refractivity contribution in [1.29, 1.82) is 0 Å². The van der Waals surface area contributed by atoms with Crippen LogP contribution in [-0.2, 0) is 0 Å². The highest BCUT2D eigenvalue weighted by Crippen LogP contribution is 2.34. The van der Waals surface area contributed by atoms with E-state index in [1.807, 2.05) is 33.7 Å². The fourth-order valence-electron chi connectivity index (χ4n) is 3.67. The third kappa shape index (κ3) is 1.03. The van der Waals surface area contributed by atoms with Gasteiger partial charge in [-0.25, -0.2) is 9.59 Å². The number of carbonyl (C=O) groups excluding carboxylic acids is 2. The van der Waals surface area contributed by atoms with Gasteiger partial charge in [-0.3, -0.25) is 19.6 Å². The molecule has 0 spiro atoms. The van der Waals surface area contributed by atoms with Crippen molar-refractivity contribution in [3.8, 4) is 0 Å². The van der Waals surface area contributed by atoms with E-state index < -0.39 is 0 Å². The first-order valence-corrected chi connectivity index (χ1v) is 6.35. The molecule has 4 fully saturated rings. The second-order valence-electron chi connectivity index (χ2n) is 5.82. The standard InChI is InChI=1S/C10H16N6O2/c1-11-3-13-7-8-15(9(13)17)5-12(2)6-16(8)10(18)14(7)4-11/h7-8H,3-6H2,1-2H3/p+2. The summed E-state index contributed by atoms with van der Waals surface area (Å²) < 4.78 is 0. The molecule has 0 aromatic heterocycles. The van der Waals surface area contributed by atoms with Gasteiger partial charge in [0, 0.05) is 0 Å². The first-order chi connectivity index (χ1) is 8.58. The normalized spacial score (nSPS) is 41.9. The zero-order chi connectivity index (χ0) is 12.6. The summed E-state index contributed by atoms with van der Waals surface area (Å²) in [6.07, 6.45) is -0.136. The van der Waals surface area contributed by atoms with Crippen LogP contribution in [-0.4, -0.2) is 84.8 Å². The van der Waals surface area contributed by atoms with E-state index in [0.29, 0.717) is 26.7 Å². The van der Waals surface area contributed by atoms with Crippen molar-refractivity contribution < 1.29 is 19.4 Å². The minimum absolute atomic E-state index is 0.0678. The van der Waals surface area contributed by atoms with E-state index in [4.69, 9.17) is 0 Å². The molecule has 0 atom stereocenters. The van der Waals surface area contributed by atoms with Crippen molar-refractivity contribution in [2.24, 2.45) is 0 Å². The Morgan fingerprint density at radius 2 is 1.06 bits per heavy atom. The van der Waals surface area contributed by atoms with Crippen molar-refractivity contribution in [1.82, 2.24) is 19.6 Å². The Morgan fingerprint density at radius 3 is 1.33 bits per heavy atom. The summed E-state index contributed by atoms with van der Waals surface area (Å²) in [5, 5.41) is 0. The van der Waals surface area contributed by atoms with E-state index in [9.17, 15) is 9.59 Å². The topological polar surface area (TPSA) is 56.0 Å². The quantitative estimate of drug-likeness (QED) is 0.463. The molecular weight excluding hydrogens is 236 g/mol. The van der Waals surface area contributed by atoms with Crippen molar-refractivity contribution >= 4 is 12.1 Å². The zero-order valence-electron chi connectivity index (χ0n) is 10.6. The summed E-state index contributed by atoms with van der Waals surface area (Å²) in [6.45, 7) is 2.75. The maximum atomic E-state index is 12.4. The molecule has 0 unspecified atom stereocenters. The molecule has 4 aliphatic rings. The number of amides is 4. The van der Waals surface area contributed by atoms with Gasteiger partial charge < -0.3 is 9.80 Å². The van der Waals surface area contributed by atoms with Gasteiger partial charge in [0.2, 0.25) is 0 Å². The number of nitrogens with zero attached hydrogens (tertiary/aromatic N) is 4. The van der Waals surface area contributed by atoms with E-state index in [0.717, 1.165) is 0 Å². The van der Waals surface area contributed by atoms with Gasteiger partial charge >= 0.3 is 12.1 Å². The SMILES string of the molecule is C[NH+]1CN2C(=O)N3C[NH+](C)CN4C(=O)N(C1)C2C34. The zero-order valence-corrected chi connectivity index (χ0v) is 10.6. The van der Waals surface area contributed by atoms with Crippen molar-refractivity contribution in [3.05, 3.63) is 0 Å². The van der Waals surface area contributed by atoms with E-state index in [1.54, 1.807) is 0 Å². The maximum Gasteiger partial charge on any atom is 0.332 e. The van der Waals surface area contributed by atoms with Gasteiger partial charge in [0.25, 0.3) is 0 Å². The van der Waals surface area contributed by atoms with Crippen LogP contribution in [0.25, 0.3) is 0 Å². The van der Waals surface area contributed by atoms with Gasteiger partial charge in [0.05, 0.1) is 14.1 Å². The van der Waals surface area contributed by atoms with Crippen LogP contribution in [0.3, 0.4) is 0 Å². The van der Waals surface area contributed by atoms with Crippen molar-refractivity contribution in [2.45, 2.75) is 12.3 Å². The van der Waals surface area contributed by atoms with Crippen LogP contribution in [0.4, 0.5) is 9.59 Å². The molecule has 4 aliphatic heterocycles.